The SMILES string of the molecule is CCC(=O)Oc1ccc(C(=C(Cl)Cl)c2ccc(OC(=O)CC)cc2)cc1. The van der Waals surface area contributed by atoms with Gasteiger partial charge in [-0.3, -0.25) is 9.59 Å². The van der Waals surface area contributed by atoms with E-state index in [4.69, 9.17) is 32.7 Å². The maximum Gasteiger partial charge on any atom is 0.310 e. The number of hydrogen-bond acceptors (Lipinski definition) is 4. The summed E-state index contributed by atoms with van der Waals surface area (Å²) in [5.74, 6) is 0.294. The van der Waals surface area contributed by atoms with Crippen LogP contribution >= 0.6 is 23.2 Å². The lowest BCUT2D eigenvalue weighted by Gasteiger charge is -2.11. The molecule has 0 atom stereocenters. The minimum Gasteiger partial charge on any atom is -0.427 e. The molecule has 2 aromatic carbocycles. The highest BCUT2D eigenvalue weighted by Crippen LogP contribution is 2.33. The van der Waals surface area contributed by atoms with Crippen LogP contribution in [0.4, 0.5) is 0 Å². The normalized spacial score (nSPS) is 10.2. The van der Waals surface area contributed by atoms with Crippen LogP contribution in [-0.2, 0) is 9.59 Å². The van der Waals surface area contributed by atoms with Crippen molar-refractivity contribution in [3.05, 3.63) is 64.1 Å². The molecule has 0 spiro atoms. The summed E-state index contributed by atoms with van der Waals surface area (Å²) in [7, 11) is 0. The predicted octanol–water partition coefficient (Wildman–Crippen LogP) is 5.51. The van der Waals surface area contributed by atoms with Gasteiger partial charge in [-0.05, 0) is 35.4 Å². The van der Waals surface area contributed by atoms with Crippen molar-refractivity contribution in [1.29, 1.82) is 0 Å². The van der Waals surface area contributed by atoms with Crippen molar-refractivity contribution < 1.29 is 19.1 Å². The Morgan fingerprint density at radius 3 is 1.35 bits per heavy atom. The summed E-state index contributed by atoms with van der Waals surface area (Å²) in [6.07, 6.45) is 0.602. The van der Waals surface area contributed by atoms with Gasteiger partial charge in [-0.25, -0.2) is 0 Å². The molecular weight excluding hydrogens is 375 g/mol. The summed E-state index contributed by atoms with van der Waals surface area (Å²) in [6, 6.07) is 13.8. The van der Waals surface area contributed by atoms with Crippen molar-refractivity contribution in [2.24, 2.45) is 0 Å². The smallest absolute Gasteiger partial charge is 0.310 e. The van der Waals surface area contributed by atoms with Gasteiger partial charge in [0.25, 0.3) is 0 Å². The zero-order chi connectivity index (χ0) is 19.1. The molecule has 0 aliphatic heterocycles. The van der Waals surface area contributed by atoms with E-state index in [2.05, 4.69) is 0 Å². The third-order valence-corrected chi connectivity index (χ3v) is 3.89. The van der Waals surface area contributed by atoms with Crippen LogP contribution in [0.5, 0.6) is 11.5 Å². The highest BCUT2D eigenvalue weighted by Gasteiger charge is 2.11. The number of benzene rings is 2. The molecule has 0 heterocycles. The van der Waals surface area contributed by atoms with Gasteiger partial charge in [0.2, 0.25) is 0 Å². The highest BCUT2D eigenvalue weighted by molar-refractivity contribution is 6.59. The largest absolute Gasteiger partial charge is 0.427 e. The van der Waals surface area contributed by atoms with Gasteiger partial charge < -0.3 is 9.47 Å². The van der Waals surface area contributed by atoms with E-state index in [0.29, 0.717) is 29.9 Å². The molecule has 0 aliphatic carbocycles. The van der Waals surface area contributed by atoms with Crippen LogP contribution in [0.15, 0.2) is 53.0 Å². The number of carbonyl (C=O) groups is 2. The predicted molar refractivity (Wildman–Crippen MR) is 102 cm³/mol. The molecule has 0 bridgehead atoms. The molecule has 2 rings (SSSR count). The molecule has 0 amide bonds. The second-order valence-electron chi connectivity index (χ2n) is 5.34. The summed E-state index contributed by atoms with van der Waals surface area (Å²) >= 11 is 12.2. The first kappa shape index (κ1) is 20.0. The molecule has 2 aromatic rings. The maximum absolute atomic E-state index is 11.4. The van der Waals surface area contributed by atoms with Crippen LogP contribution in [0.1, 0.15) is 37.8 Å². The van der Waals surface area contributed by atoms with Gasteiger partial charge in [0, 0.05) is 18.4 Å². The van der Waals surface area contributed by atoms with Gasteiger partial charge in [-0.15, -0.1) is 0 Å². The van der Waals surface area contributed by atoms with Gasteiger partial charge in [-0.2, -0.15) is 0 Å². The monoisotopic (exact) mass is 392 g/mol. The standard InChI is InChI=1S/C20H18Cl2O4/c1-3-17(23)25-15-9-5-13(6-10-15)19(20(21)22)14-7-11-16(12-8-14)26-18(24)4-2/h5-12H,3-4H2,1-2H3. The van der Waals surface area contributed by atoms with Crippen molar-refractivity contribution in [3.8, 4) is 11.5 Å². The summed E-state index contributed by atoms with van der Waals surface area (Å²) in [6.45, 7) is 3.46. The number of halogens is 2. The molecule has 6 heteroatoms. The Kier molecular flexibility index (Phi) is 7.25. The zero-order valence-corrected chi connectivity index (χ0v) is 15.9. The third kappa shape index (κ3) is 5.35. The fourth-order valence-corrected chi connectivity index (χ4v) is 2.61. The topological polar surface area (TPSA) is 52.6 Å². The van der Waals surface area contributed by atoms with Crippen molar-refractivity contribution in [1.82, 2.24) is 0 Å². The molecule has 0 N–H and O–H groups in total. The van der Waals surface area contributed by atoms with Gasteiger partial charge in [-0.1, -0.05) is 61.3 Å². The number of esters is 2. The Morgan fingerprint density at radius 1 is 0.731 bits per heavy atom. The second-order valence-corrected chi connectivity index (χ2v) is 6.29. The summed E-state index contributed by atoms with van der Waals surface area (Å²) in [5, 5.41) is 0. The van der Waals surface area contributed by atoms with E-state index >= 15 is 0 Å². The lowest BCUT2D eigenvalue weighted by atomic mass is 9.99. The first-order valence-electron chi connectivity index (χ1n) is 8.12. The van der Waals surface area contributed by atoms with Crippen LogP contribution in [0.2, 0.25) is 0 Å². The molecule has 0 aliphatic rings. The van der Waals surface area contributed by atoms with E-state index in [9.17, 15) is 9.59 Å². The Labute approximate surface area is 162 Å². The average molecular weight is 393 g/mol. The Morgan fingerprint density at radius 2 is 1.08 bits per heavy atom. The summed E-state index contributed by atoms with van der Waals surface area (Å²) in [5.41, 5.74) is 2.15. The summed E-state index contributed by atoms with van der Waals surface area (Å²) < 4.78 is 10.4. The minimum atomic E-state index is -0.305. The van der Waals surface area contributed by atoms with Gasteiger partial charge >= 0.3 is 11.9 Å². The molecule has 0 radical (unpaired) electrons. The van der Waals surface area contributed by atoms with Crippen molar-refractivity contribution in [2.75, 3.05) is 0 Å². The van der Waals surface area contributed by atoms with Crippen molar-refractivity contribution in [2.45, 2.75) is 26.7 Å². The van der Waals surface area contributed by atoms with Crippen LogP contribution < -0.4 is 9.47 Å². The van der Waals surface area contributed by atoms with E-state index in [1.54, 1.807) is 62.4 Å². The zero-order valence-electron chi connectivity index (χ0n) is 14.4. The molecule has 0 unspecified atom stereocenters. The maximum atomic E-state index is 11.4. The molecule has 136 valence electrons. The lowest BCUT2D eigenvalue weighted by molar-refractivity contribution is -0.134. The van der Waals surface area contributed by atoms with Crippen LogP contribution in [0.3, 0.4) is 0 Å². The fourth-order valence-electron chi connectivity index (χ4n) is 2.17. The number of ether oxygens (including phenoxy) is 2. The minimum absolute atomic E-state index is 0.0987. The van der Waals surface area contributed by atoms with Crippen LogP contribution in [-0.4, -0.2) is 11.9 Å². The van der Waals surface area contributed by atoms with E-state index in [1.807, 2.05) is 0 Å². The molecule has 26 heavy (non-hydrogen) atoms. The second kappa shape index (κ2) is 9.41. The van der Waals surface area contributed by atoms with Crippen LogP contribution in [0, 0.1) is 0 Å². The van der Waals surface area contributed by atoms with Crippen molar-refractivity contribution >= 4 is 40.7 Å². The first-order chi connectivity index (χ1) is 12.4. The van der Waals surface area contributed by atoms with E-state index in [-0.39, 0.29) is 16.4 Å². The average Bonchev–Trinajstić information content (AvgIpc) is 2.64. The van der Waals surface area contributed by atoms with Gasteiger partial charge in [0.1, 0.15) is 16.0 Å². The highest BCUT2D eigenvalue weighted by atomic mass is 35.5. The van der Waals surface area contributed by atoms with Gasteiger partial charge in [0.15, 0.2) is 0 Å². The van der Waals surface area contributed by atoms with E-state index < -0.39 is 0 Å². The van der Waals surface area contributed by atoms with Crippen molar-refractivity contribution in [3.63, 3.8) is 0 Å². The number of rotatable bonds is 6. The van der Waals surface area contributed by atoms with E-state index in [1.165, 1.54) is 0 Å². The first-order valence-corrected chi connectivity index (χ1v) is 8.87. The van der Waals surface area contributed by atoms with E-state index in [0.717, 1.165) is 11.1 Å². The number of hydrogen-bond donors (Lipinski definition) is 0. The molecule has 0 fully saturated rings. The molecule has 0 saturated heterocycles. The molecule has 0 saturated carbocycles. The molecule has 4 nitrogen and oxygen atoms in total. The molecular formula is C20H18Cl2O4. The van der Waals surface area contributed by atoms with Gasteiger partial charge in [0.05, 0.1) is 0 Å². The quantitative estimate of drug-likeness (QED) is 0.480. The number of carbonyl (C=O) groups excluding carboxylic acids is 2. The van der Waals surface area contributed by atoms with Crippen LogP contribution in [0.25, 0.3) is 5.57 Å². The molecule has 0 aromatic heterocycles. The lowest BCUT2D eigenvalue weighted by Crippen LogP contribution is -2.05. The Hall–Kier alpha value is -2.30. The summed E-state index contributed by atoms with van der Waals surface area (Å²) in [4.78, 5) is 22.7. The Bertz CT molecular complexity index is 741. The fraction of sp³-hybridized carbons (Fsp3) is 0.200. The Balaban J connectivity index is 2.25. The third-order valence-electron chi connectivity index (χ3n) is 3.52.